The minimum Gasteiger partial charge on any atom is -0.465 e. The van der Waals surface area contributed by atoms with Gasteiger partial charge < -0.3 is 10.5 Å². The van der Waals surface area contributed by atoms with Crippen LogP contribution in [-0.2, 0) is 11.2 Å². The van der Waals surface area contributed by atoms with Crippen LogP contribution in [-0.4, -0.2) is 13.1 Å². The van der Waals surface area contributed by atoms with Crippen LogP contribution in [0.4, 0.5) is 5.00 Å². The van der Waals surface area contributed by atoms with Crippen molar-refractivity contribution < 1.29 is 9.53 Å². The van der Waals surface area contributed by atoms with E-state index < -0.39 is 0 Å². The van der Waals surface area contributed by atoms with Crippen molar-refractivity contribution in [2.75, 3.05) is 12.8 Å². The number of hydrogen-bond acceptors (Lipinski definition) is 4. The Morgan fingerprint density at radius 1 is 1.64 bits per heavy atom. The molecule has 0 aliphatic carbocycles. The molecule has 78 valence electrons. The highest BCUT2D eigenvalue weighted by Gasteiger charge is 2.13. The number of carbonyl (C=O) groups excluding carboxylic acids is 1. The predicted molar refractivity (Wildman–Crippen MR) is 58.7 cm³/mol. The summed E-state index contributed by atoms with van der Waals surface area (Å²) in [5.74, 6) is -0.346. The summed E-state index contributed by atoms with van der Waals surface area (Å²) in [4.78, 5) is 12.4. The normalized spacial score (nSPS) is 10.1. The van der Waals surface area contributed by atoms with Crippen molar-refractivity contribution in [1.29, 1.82) is 0 Å². The van der Waals surface area contributed by atoms with Crippen molar-refractivity contribution in [1.82, 2.24) is 0 Å². The predicted octanol–water partition coefficient (Wildman–Crippen LogP) is 2.46. The summed E-state index contributed by atoms with van der Waals surface area (Å²) in [6.07, 6.45) is 3.26. The molecule has 3 nitrogen and oxygen atoms in total. The number of methoxy groups -OCH3 is 1. The summed E-state index contributed by atoms with van der Waals surface area (Å²) in [5, 5.41) is 0.558. The Balaban J connectivity index is 2.77. The van der Waals surface area contributed by atoms with E-state index in [0.29, 0.717) is 10.6 Å². The fraction of sp³-hybridized carbons (Fsp3) is 0.500. The van der Waals surface area contributed by atoms with E-state index in [-0.39, 0.29) is 5.97 Å². The standard InChI is InChI=1S/C10H15NO2S/c1-3-4-5-7-6-8(9(11)14-7)10(12)13-2/h6H,3-5,11H2,1-2H3. The summed E-state index contributed by atoms with van der Waals surface area (Å²) >= 11 is 1.47. The third-order valence-corrected chi connectivity index (χ3v) is 3.02. The Morgan fingerprint density at radius 2 is 2.36 bits per heavy atom. The van der Waals surface area contributed by atoms with Gasteiger partial charge in [-0.2, -0.15) is 0 Å². The van der Waals surface area contributed by atoms with Gasteiger partial charge in [-0.15, -0.1) is 11.3 Å². The molecule has 0 aliphatic rings. The second-order valence-electron chi connectivity index (χ2n) is 3.09. The molecular weight excluding hydrogens is 198 g/mol. The maximum Gasteiger partial charge on any atom is 0.340 e. The van der Waals surface area contributed by atoms with Crippen molar-refractivity contribution >= 4 is 22.3 Å². The maximum absolute atomic E-state index is 11.2. The number of aryl methyl sites for hydroxylation is 1. The summed E-state index contributed by atoms with van der Waals surface area (Å²) in [5.41, 5.74) is 6.21. The number of anilines is 1. The molecule has 0 spiro atoms. The average molecular weight is 213 g/mol. The number of ether oxygens (including phenoxy) is 1. The molecule has 1 rings (SSSR count). The first-order chi connectivity index (χ1) is 6.69. The zero-order valence-electron chi connectivity index (χ0n) is 8.50. The molecule has 0 atom stereocenters. The van der Waals surface area contributed by atoms with Crippen molar-refractivity contribution in [3.63, 3.8) is 0 Å². The molecular formula is C10H15NO2S. The number of unbranched alkanes of at least 4 members (excludes halogenated alkanes) is 1. The first kappa shape index (κ1) is 11.0. The second kappa shape index (κ2) is 5.00. The van der Waals surface area contributed by atoms with Gasteiger partial charge in [0.2, 0.25) is 0 Å². The molecule has 0 amide bonds. The van der Waals surface area contributed by atoms with Crippen LogP contribution in [0.25, 0.3) is 0 Å². The van der Waals surface area contributed by atoms with Gasteiger partial charge >= 0.3 is 5.97 Å². The van der Waals surface area contributed by atoms with Gasteiger partial charge in [0.15, 0.2) is 0 Å². The Bertz CT molecular complexity index is 320. The van der Waals surface area contributed by atoms with E-state index in [2.05, 4.69) is 11.7 Å². The van der Waals surface area contributed by atoms with Crippen LogP contribution >= 0.6 is 11.3 Å². The SMILES string of the molecule is CCCCc1cc(C(=O)OC)c(N)s1. The van der Waals surface area contributed by atoms with Crippen LogP contribution in [0.1, 0.15) is 35.0 Å². The van der Waals surface area contributed by atoms with E-state index in [1.54, 1.807) is 0 Å². The van der Waals surface area contributed by atoms with Crippen molar-refractivity contribution in [2.24, 2.45) is 0 Å². The van der Waals surface area contributed by atoms with Crippen LogP contribution < -0.4 is 5.73 Å². The molecule has 14 heavy (non-hydrogen) atoms. The van der Waals surface area contributed by atoms with Crippen LogP contribution in [0.2, 0.25) is 0 Å². The molecule has 4 heteroatoms. The van der Waals surface area contributed by atoms with Gasteiger partial charge in [0.1, 0.15) is 5.00 Å². The number of esters is 1. The lowest BCUT2D eigenvalue weighted by atomic mass is 10.2. The van der Waals surface area contributed by atoms with E-state index in [4.69, 9.17) is 5.73 Å². The lowest BCUT2D eigenvalue weighted by Crippen LogP contribution is -2.01. The highest BCUT2D eigenvalue weighted by Crippen LogP contribution is 2.26. The lowest BCUT2D eigenvalue weighted by molar-refractivity contribution is 0.0602. The Labute approximate surface area is 87.9 Å². The molecule has 0 unspecified atom stereocenters. The second-order valence-corrected chi connectivity index (χ2v) is 4.25. The molecule has 0 saturated heterocycles. The van der Waals surface area contributed by atoms with Gasteiger partial charge in [-0.1, -0.05) is 13.3 Å². The van der Waals surface area contributed by atoms with Crippen molar-refractivity contribution in [3.05, 3.63) is 16.5 Å². The fourth-order valence-electron chi connectivity index (χ4n) is 1.20. The minimum absolute atomic E-state index is 0.346. The third kappa shape index (κ3) is 2.48. The van der Waals surface area contributed by atoms with Crippen LogP contribution in [0.5, 0.6) is 0 Å². The Kier molecular flexibility index (Phi) is 3.95. The quantitative estimate of drug-likeness (QED) is 0.782. The van der Waals surface area contributed by atoms with Gasteiger partial charge in [0.05, 0.1) is 12.7 Å². The summed E-state index contributed by atoms with van der Waals surface area (Å²) < 4.78 is 4.62. The monoisotopic (exact) mass is 213 g/mol. The average Bonchev–Trinajstić information content (AvgIpc) is 2.55. The number of carbonyl (C=O) groups is 1. The van der Waals surface area contributed by atoms with E-state index in [9.17, 15) is 4.79 Å². The zero-order valence-corrected chi connectivity index (χ0v) is 9.32. The van der Waals surface area contributed by atoms with Gasteiger partial charge in [-0.25, -0.2) is 4.79 Å². The highest BCUT2D eigenvalue weighted by molar-refractivity contribution is 7.16. The first-order valence-electron chi connectivity index (χ1n) is 4.65. The number of hydrogen-bond donors (Lipinski definition) is 1. The van der Waals surface area contributed by atoms with Gasteiger partial charge in [0.25, 0.3) is 0 Å². The van der Waals surface area contributed by atoms with Crippen LogP contribution in [0.3, 0.4) is 0 Å². The molecule has 2 N–H and O–H groups in total. The van der Waals surface area contributed by atoms with Gasteiger partial charge in [-0.3, -0.25) is 0 Å². The fourth-order valence-corrected chi connectivity index (χ4v) is 2.16. The molecule has 0 fully saturated rings. The molecule has 1 aromatic heterocycles. The molecule has 1 heterocycles. The minimum atomic E-state index is -0.346. The number of nitrogen functional groups attached to an aromatic ring is 1. The van der Waals surface area contributed by atoms with Gasteiger partial charge in [0, 0.05) is 4.88 Å². The molecule has 1 aromatic rings. The number of nitrogens with two attached hydrogens (primary N) is 1. The van der Waals surface area contributed by atoms with Crippen molar-refractivity contribution in [2.45, 2.75) is 26.2 Å². The first-order valence-corrected chi connectivity index (χ1v) is 5.47. The van der Waals surface area contributed by atoms with Crippen LogP contribution in [0.15, 0.2) is 6.07 Å². The molecule has 0 aromatic carbocycles. The topological polar surface area (TPSA) is 52.3 Å². The molecule has 0 aliphatic heterocycles. The number of thiophene rings is 1. The smallest absolute Gasteiger partial charge is 0.340 e. The number of rotatable bonds is 4. The van der Waals surface area contributed by atoms with Gasteiger partial charge in [-0.05, 0) is 18.9 Å². The Morgan fingerprint density at radius 3 is 2.93 bits per heavy atom. The lowest BCUT2D eigenvalue weighted by Gasteiger charge is -1.94. The van der Waals surface area contributed by atoms with E-state index in [1.807, 2.05) is 6.07 Å². The highest BCUT2D eigenvalue weighted by atomic mass is 32.1. The molecule has 0 saturated carbocycles. The summed E-state index contributed by atoms with van der Waals surface area (Å²) in [6.45, 7) is 2.14. The summed E-state index contributed by atoms with van der Waals surface area (Å²) in [6, 6.07) is 1.83. The third-order valence-electron chi connectivity index (χ3n) is 1.99. The zero-order chi connectivity index (χ0) is 10.6. The van der Waals surface area contributed by atoms with E-state index >= 15 is 0 Å². The molecule has 0 radical (unpaired) electrons. The Hall–Kier alpha value is -1.03. The summed E-state index contributed by atoms with van der Waals surface area (Å²) in [7, 11) is 1.37. The molecule has 0 bridgehead atoms. The van der Waals surface area contributed by atoms with E-state index in [0.717, 1.165) is 24.1 Å². The maximum atomic E-state index is 11.2. The van der Waals surface area contributed by atoms with Crippen molar-refractivity contribution in [3.8, 4) is 0 Å². The largest absolute Gasteiger partial charge is 0.465 e. The van der Waals surface area contributed by atoms with E-state index in [1.165, 1.54) is 18.4 Å². The van der Waals surface area contributed by atoms with Crippen LogP contribution in [0, 0.1) is 0 Å².